The first-order chi connectivity index (χ1) is 11.4. The van der Waals surface area contributed by atoms with Crippen LogP contribution in [0.3, 0.4) is 0 Å². The molecule has 2 rings (SSSR count). The average Bonchev–Trinajstić information content (AvgIpc) is 2.59. The number of hydrogen-bond acceptors (Lipinski definition) is 3. The lowest BCUT2D eigenvalue weighted by atomic mass is 10.2. The minimum absolute atomic E-state index is 0.140. The molecule has 0 saturated carbocycles. The van der Waals surface area contributed by atoms with Crippen LogP contribution >= 0.6 is 0 Å². The van der Waals surface area contributed by atoms with Crippen LogP contribution in [0.5, 0.6) is 0 Å². The maximum absolute atomic E-state index is 12.3. The Balaban J connectivity index is 2.03. The predicted molar refractivity (Wildman–Crippen MR) is 94.3 cm³/mol. The molecule has 6 heteroatoms. The molecule has 0 atom stereocenters. The molecule has 0 spiro atoms. The first kappa shape index (κ1) is 18.2. The lowest BCUT2D eigenvalue weighted by molar-refractivity contribution is 0.0953. The van der Waals surface area contributed by atoms with E-state index in [0.717, 1.165) is 17.5 Å². The molecule has 24 heavy (non-hydrogen) atoms. The first-order valence-electron chi connectivity index (χ1n) is 7.86. The smallest absolute Gasteiger partial charge is 0.251 e. The number of amides is 1. The number of hydrogen-bond donors (Lipinski definition) is 2. The third kappa shape index (κ3) is 4.91. The van der Waals surface area contributed by atoms with Gasteiger partial charge in [-0.25, -0.2) is 13.1 Å². The zero-order valence-electron chi connectivity index (χ0n) is 13.9. The molecule has 0 radical (unpaired) electrons. The zero-order chi connectivity index (χ0) is 17.6. The molecule has 128 valence electrons. The fourth-order valence-electron chi connectivity index (χ4n) is 2.09. The quantitative estimate of drug-likeness (QED) is 0.809. The summed E-state index contributed by atoms with van der Waals surface area (Å²) in [6.07, 6.45) is 0.848. The van der Waals surface area contributed by atoms with E-state index in [1.807, 2.05) is 38.1 Å². The lowest BCUT2D eigenvalue weighted by Crippen LogP contribution is -2.25. The maximum Gasteiger partial charge on any atom is 0.251 e. The van der Waals surface area contributed by atoms with E-state index in [2.05, 4.69) is 10.0 Å². The van der Waals surface area contributed by atoms with Crippen LogP contribution in [0.25, 0.3) is 0 Å². The molecule has 0 fully saturated rings. The lowest BCUT2D eigenvalue weighted by Gasteiger charge is -2.08. The second-order valence-electron chi connectivity index (χ2n) is 5.59. The van der Waals surface area contributed by atoms with Crippen LogP contribution < -0.4 is 10.0 Å². The fourth-order valence-corrected chi connectivity index (χ4v) is 3.11. The summed E-state index contributed by atoms with van der Waals surface area (Å²) in [4.78, 5) is 12.0. The number of nitrogens with one attached hydrogen (secondary N) is 2. The summed E-state index contributed by atoms with van der Waals surface area (Å²) >= 11 is 0. The molecular formula is C18H22N2O3S. The Hall–Kier alpha value is -2.18. The van der Waals surface area contributed by atoms with Crippen molar-refractivity contribution in [1.82, 2.24) is 10.0 Å². The van der Waals surface area contributed by atoms with Crippen molar-refractivity contribution in [2.45, 2.75) is 31.7 Å². The van der Waals surface area contributed by atoms with E-state index in [4.69, 9.17) is 0 Å². The standard InChI is InChI=1S/C18H22N2O3S/c1-3-12-19-18(21)16-8-10-17(11-9-16)24(22,23)20-13-15-6-4-14(2)5-7-15/h4-11,20H,3,12-13H2,1-2H3,(H,19,21). The van der Waals surface area contributed by atoms with Gasteiger partial charge in [0.05, 0.1) is 4.90 Å². The summed E-state index contributed by atoms with van der Waals surface area (Å²) < 4.78 is 27.2. The summed E-state index contributed by atoms with van der Waals surface area (Å²) in [5, 5.41) is 2.75. The van der Waals surface area contributed by atoms with Crippen LogP contribution in [0.2, 0.25) is 0 Å². The highest BCUT2D eigenvalue weighted by atomic mass is 32.2. The summed E-state index contributed by atoms with van der Waals surface area (Å²) in [6.45, 7) is 4.76. The number of carbonyl (C=O) groups excluding carboxylic acids is 1. The number of rotatable bonds is 7. The van der Waals surface area contributed by atoms with Crippen LogP contribution in [0.1, 0.15) is 34.8 Å². The second kappa shape index (κ2) is 8.08. The van der Waals surface area contributed by atoms with Crippen molar-refractivity contribution in [2.24, 2.45) is 0 Å². The summed E-state index contributed by atoms with van der Waals surface area (Å²) in [7, 11) is -3.61. The van der Waals surface area contributed by atoms with E-state index in [0.29, 0.717) is 12.1 Å². The van der Waals surface area contributed by atoms with Crippen LogP contribution in [-0.4, -0.2) is 20.9 Å². The Labute approximate surface area is 143 Å². The molecule has 0 aromatic heterocycles. The van der Waals surface area contributed by atoms with Gasteiger partial charge in [-0.1, -0.05) is 36.8 Å². The first-order valence-corrected chi connectivity index (χ1v) is 9.34. The normalized spacial score (nSPS) is 11.2. The topological polar surface area (TPSA) is 75.3 Å². The molecule has 0 unspecified atom stereocenters. The molecular weight excluding hydrogens is 324 g/mol. The molecule has 2 aromatic carbocycles. The number of carbonyl (C=O) groups is 1. The highest BCUT2D eigenvalue weighted by Crippen LogP contribution is 2.12. The monoisotopic (exact) mass is 346 g/mol. The van der Waals surface area contributed by atoms with Gasteiger partial charge < -0.3 is 5.32 Å². The Morgan fingerprint density at radius 1 is 1.00 bits per heavy atom. The predicted octanol–water partition coefficient (Wildman–Crippen LogP) is 2.61. The van der Waals surface area contributed by atoms with E-state index in [1.54, 1.807) is 0 Å². The van der Waals surface area contributed by atoms with Crippen molar-refractivity contribution in [3.05, 3.63) is 65.2 Å². The second-order valence-corrected chi connectivity index (χ2v) is 7.36. The largest absolute Gasteiger partial charge is 0.352 e. The van der Waals surface area contributed by atoms with E-state index >= 15 is 0 Å². The molecule has 2 aromatic rings. The van der Waals surface area contributed by atoms with Crippen molar-refractivity contribution in [3.8, 4) is 0 Å². The maximum atomic E-state index is 12.3. The molecule has 0 aliphatic heterocycles. The molecule has 0 heterocycles. The van der Waals surface area contributed by atoms with Gasteiger partial charge in [0.25, 0.3) is 5.91 Å². The Morgan fingerprint density at radius 2 is 1.62 bits per heavy atom. The van der Waals surface area contributed by atoms with Gasteiger partial charge in [-0.05, 0) is 43.2 Å². The van der Waals surface area contributed by atoms with Crippen LogP contribution in [0.15, 0.2) is 53.4 Å². The van der Waals surface area contributed by atoms with Crippen LogP contribution in [0, 0.1) is 6.92 Å². The molecule has 2 N–H and O–H groups in total. The van der Waals surface area contributed by atoms with Crippen molar-refractivity contribution < 1.29 is 13.2 Å². The highest BCUT2D eigenvalue weighted by molar-refractivity contribution is 7.89. The molecule has 0 bridgehead atoms. The molecule has 0 saturated heterocycles. The van der Waals surface area contributed by atoms with Crippen molar-refractivity contribution in [1.29, 1.82) is 0 Å². The van der Waals surface area contributed by atoms with Crippen LogP contribution in [-0.2, 0) is 16.6 Å². The van der Waals surface area contributed by atoms with Gasteiger partial charge in [0.1, 0.15) is 0 Å². The molecule has 0 aliphatic carbocycles. The summed E-state index contributed by atoms with van der Waals surface area (Å²) in [5.74, 6) is -0.201. The summed E-state index contributed by atoms with van der Waals surface area (Å²) in [6, 6.07) is 13.6. The van der Waals surface area contributed by atoms with Gasteiger partial charge in [0, 0.05) is 18.7 Å². The molecule has 1 amide bonds. The SMILES string of the molecule is CCCNC(=O)c1ccc(S(=O)(=O)NCc2ccc(C)cc2)cc1. The van der Waals surface area contributed by atoms with Gasteiger partial charge in [-0.3, -0.25) is 4.79 Å². The van der Waals surface area contributed by atoms with E-state index in [-0.39, 0.29) is 17.3 Å². The fraction of sp³-hybridized carbons (Fsp3) is 0.278. The number of sulfonamides is 1. The van der Waals surface area contributed by atoms with Gasteiger partial charge in [-0.15, -0.1) is 0 Å². The minimum Gasteiger partial charge on any atom is -0.352 e. The Bertz CT molecular complexity index is 782. The van der Waals surface area contributed by atoms with E-state index < -0.39 is 10.0 Å². The third-order valence-corrected chi connectivity index (χ3v) is 4.97. The van der Waals surface area contributed by atoms with Gasteiger partial charge in [0.15, 0.2) is 0 Å². The number of benzene rings is 2. The molecule has 5 nitrogen and oxygen atoms in total. The molecule has 0 aliphatic rings. The van der Waals surface area contributed by atoms with Gasteiger partial charge >= 0.3 is 0 Å². The van der Waals surface area contributed by atoms with Crippen molar-refractivity contribution in [2.75, 3.05) is 6.54 Å². The Kier molecular flexibility index (Phi) is 6.11. The summed E-state index contributed by atoms with van der Waals surface area (Å²) in [5.41, 5.74) is 2.46. The Morgan fingerprint density at radius 3 is 2.21 bits per heavy atom. The van der Waals surface area contributed by atoms with Crippen molar-refractivity contribution in [3.63, 3.8) is 0 Å². The zero-order valence-corrected chi connectivity index (χ0v) is 14.7. The van der Waals surface area contributed by atoms with Crippen LogP contribution in [0.4, 0.5) is 0 Å². The highest BCUT2D eigenvalue weighted by Gasteiger charge is 2.14. The minimum atomic E-state index is -3.61. The average molecular weight is 346 g/mol. The van der Waals surface area contributed by atoms with Gasteiger partial charge in [-0.2, -0.15) is 0 Å². The van der Waals surface area contributed by atoms with E-state index in [1.165, 1.54) is 24.3 Å². The third-order valence-electron chi connectivity index (χ3n) is 3.55. The van der Waals surface area contributed by atoms with Gasteiger partial charge in [0.2, 0.25) is 10.0 Å². The van der Waals surface area contributed by atoms with E-state index in [9.17, 15) is 13.2 Å². The van der Waals surface area contributed by atoms with Crippen molar-refractivity contribution >= 4 is 15.9 Å². The number of aryl methyl sites for hydroxylation is 1.